The van der Waals surface area contributed by atoms with E-state index in [1.165, 1.54) is 6.07 Å². The van der Waals surface area contributed by atoms with Crippen molar-refractivity contribution >= 4 is 0 Å². The van der Waals surface area contributed by atoms with Crippen molar-refractivity contribution in [3.63, 3.8) is 0 Å². The molecule has 0 saturated carbocycles. The SMILES string of the molecule is CCCCC[C@H](N)c1ccc(OC(F)(F)F)c(F)c1. The van der Waals surface area contributed by atoms with Crippen molar-refractivity contribution in [3.05, 3.63) is 29.6 Å². The number of ether oxygens (including phenoxy) is 1. The summed E-state index contributed by atoms with van der Waals surface area (Å²) in [5.41, 5.74) is 6.33. The van der Waals surface area contributed by atoms with Gasteiger partial charge in [-0.2, -0.15) is 0 Å². The average Bonchev–Trinajstić information content (AvgIpc) is 2.30. The molecule has 0 saturated heterocycles. The normalized spacial score (nSPS) is 13.4. The second-order valence-electron chi connectivity index (χ2n) is 4.34. The fourth-order valence-electron chi connectivity index (χ4n) is 1.74. The predicted octanol–water partition coefficient (Wildman–Crippen LogP) is 4.30. The van der Waals surface area contributed by atoms with E-state index in [0.29, 0.717) is 12.0 Å². The van der Waals surface area contributed by atoms with E-state index in [0.717, 1.165) is 31.4 Å². The molecule has 1 aromatic carbocycles. The largest absolute Gasteiger partial charge is 0.573 e. The van der Waals surface area contributed by atoms with Gasteiger partial charge in [0.15, 0.2) is 11.6 Å². The van der Waals surface area contributed by atoms with Gasteiger partial charge in [0.2, 0.25) is 0 Å². The van der Waals surface area contributed by atoms with Crippen molar-refractivity contribution in [2.45, 2.75) is 45.0 Å². The van der Waals surface area contributed by atoms with Crippen LogP contribution in [0.5, 0.6) is 5.75 Å². The molecule has 0 aliphatic rings. The second kappa shape index (κ2) is 6.75. The Morgan fingerprint density at radius 1 is 1.26 bits per heavy atom. The van der Waals surface area contributed by atoms with E-state index in [2.05, 4.69) is 11.7 Å². The summed E-state index contributed by atoms with van der Waals surface area (Å²) in [6.07, 6.45) is -1.26. The van der Waals surface area contributed by atoms with E-state index in [1.807, 2.05) is 0 Å². The van der Waals surface area contributed by atoms with Crippen LogP contribution in [0.15, 0.2) is 18.2 Å². The van der Waals surface area contributed by atoms with Gasteiger partial charge in [-0.25, -0.2) is 4.39 Å². The fraction of sp³-hybridized carbons (Fsp3) is 0.538. The van der Waals surface area contributed by atoms with Gasteiger partial charge in [-0.1, -0.05) is 32.3 Å². The van der Waals surface area contributed by atoms with Crippen LogP contribution in [0.1, 0.15) is 44.2 Å². The third kappa shape index (κ3) is 5.46. The number of hydrogen-bond donors (Lipinski definition) is 1. The monoisotopic (exact) mass is 279 g/mol. The molecule has 0 aliphatic heterocycles. The lowest BCUT2D eigenvalue weighted by molar-refractivity contribution is -0.275. The van der Waals surface area contributed by atoms with Gasteiger partial charge >= 0.3 is 6.36 Å². The maximum atomic E-state index is 13.4. The van der Waals surface area contributed by atoms with Gasteiger partial charge < -0.3 is 10.5 Å². The maximum Gasteiger partial charge on any atom is 0.573 e. The summed E-state index contributed by atoms with van der Waals surface area (Å²) in [6.45, 7) is 2.05. The summed E-state index contributed by atoms with van der Waals surface area (Å²) in [4.78, 5) is 0. The molecule has 0 unspecified atom stereocenters. The lowest BCUT2D eigenvalue weighted by Crippen LogP contribution is -2.18. The minimum Gasteiger partial charge on any atom is -0.403 e. The molecule has 0 amide bonds. The Morgan fingerprint density at radius 2 is 1.95 bits per heavy atom. The first-order valence-electron chi connectivity index (χ1n) is 6.14. The highest BCUT2D eigenvalue weighted by Crippen LogP contribution is 2.28. The third-order valence-electron chi connectivity index (χ3n) is 2.73. The molecule has 1 rings (SSSR count). The lowest BCUT2D eigenvalue weighted by atomic mass is 10.0. The van der Waals surface area contributed by atoms with Crippen LogP contribution in [0.3, 0.4) is 0 Å². The maximum absolute atomic E-state index is 13.4. The van der Waals surface area contributed by atoms with Gasteiger partial charge in [0.25, 0.3) is 0 Å². The molecule has 0 radical (unpaired) electrons. The number of alkyl halides is 3. The summed E-state index contributed by atoms with van der Waals surface area (Å²) in [6, 6.07) is 2.94. The van der Waals surface area contributed by atoms with Crippen molar-refractivity contribution in [3.8, 4) is 5.75 Å². The zero-order valence-corrected chi connectivity index (χ0v) is 10.6. The van der Waals surface area contributed by atoms with Crippen LogP contribution < -0.4 is 10.5 Å². The van der Waals surface area contributed by atoms with Crippen LogP contribution in [-0.2, 0) is 0 Å². The van der Waals surface area contributed by atoms with E-state index >= 15 is 0 Å². The van der Waals surface area contributed by atoms with E-state index in [4.69, 9.17) is 5.73 Å². The Hall–Kier alpha value is -1.30. The highest BCUT2D eigenvalue weighted by Gasteiger charge is 2.32. The second-order valence-corrected chi connectivity index (χ2v) is 4.34. The molecule has 2 N–H and O–H groups in total. The van der Waals surface area contributed by atoms with Gasteiger partial charge in [0, 0.05) is 6.04 Å². The molecule has 0 aliphatic carbocycles. The van der Waals surface area contributed by atoms with Crippen molar-refractivity contribution in [1.29, 1.82) is 0 Å². The van der Waals surface area contributed by atoms with Gasteiger partial charge in [-0.15, -0.1) is 13.2 Å². The van der Waals surface area contributed by atoms with Crippen LogP contribution in [0.4, 0.5) is 17.6 Å². The summed E-state index contributed by atoms with van der Waals surface area (Å²) >= 11 is 0. The van der Waals surface area contributed by atoms with E-state index < -0.39 is 17.9 Å². The van der Waals surface area contributed by atoms with Crippen LogP contribution in [0.2, 0.25) is 0 Å². The standard InChI is InChI=1S/C13H17F4NO/c1-2-3-4-5-11(18)9-6-7-12(10(14)8-9)19-13(15,16)17/h6-8,11H,2-5,18H2,1H3/t11-/m0/s1. The molecule has 19 heavy (non-hydrogen) atoms. The average molecular weight is 279 g/mol. The van der Waals surface area contributed by atoms with Crippen molar-refractivity contribution in [2.24, 2.45) is 5.73 Å². The molecular formula is C13H17F4NO. The minimum atomic E-state index is -4.90. The molecule has 1 aromatic rings. The first-order chi connectivity index (χ1) is 8.83. The van der Waals surface area contributed by atoms with Gasteiger partial charge in [0.1, 0.15) is 0 Å². The van der Waals surface area contributed by atoms with E-state index in [-0.39, 0.29) is 6.04 Å². The third-order valence-corrected chi connectivity index (χ3v) is 2.73. The Balaban J connectivity index is 2.70. The van der Waals surface area contributed by atoms with Gasteiger partial charge in [-0.3, -0.25) is 0 Å². The predicted molar refractivity (Wildman–Crippen MR) is 64.2 cm³/mol. The van der Waals surface area contributed by atoms with Crippen molar-refractivity contribution in [1.82, 2.24) is 0 Å². The van der Waals surface area contributed by atoms with Crippen LogP contribution in [-0.4, -0.2) is 6.36 Å². The van der Waals surface area contributed by atoms with Gasteiger partial charge in [0.05, 0.1) is 0 Å². The number of unbranched alkanes of at least 4 members (excludes halogenated alkanes) is 2. The number of halogens is 4. The lowest BCUT2D eigenvalue weighted by Gasteiger charge is -2.14. The topological polar surface area (TPSA) is 35.2 Å². The molecule has 1 atom stereocenters. The Kier molecular flexibility index (Phi) is 5.60. The minimum absolute atomic E-state index is 0.374. The fourth-order valence-corrected chi connectivity index (χ4v) is 1.74. The molecule has 6 heteroatoms. The quantitative estimate of drug-likeness (QED) is 0.622. The summed E-state index contributed by atoms with van der Waals surface area (Å²) in [5, 5.41) is 0. The van der Waals surface area contributed by atoms with E-state index in [9.17, 15) is 17.6 Å². The number of benzene rings is 1. The first-order valence-corrected chi connectivity index (χ1v) is 6.14. The van der Waals surface area contributed by atoms with E-state index in [1.54, 1.807) is 0 Å². The van der Waals surface area contributed by atoms with Gasteiger partial charge in [-0.05, 0) is 24.1 Å². The molecule has 0 heterocycles. The Labute approximate surface area is 109 Å². The smallest absolute Gasteiger partial charge is 0.403 e. The molecule has 0 spiro atoms. The highest BCUT2D eigenvalue weighted by atomic mass is 19.4. The van der Waals surface area contributed by atoms with Crippen molar-refractivity contribution < 1.29 is 22.3 Å². The molecule has 2 nitrogen and oxygen atoms in total. The zero-order chi connectivity index (χ0) is 14.5. The summed E-state index contributed by atoms with van der Waals surface area (Å²) in [5.74, 6) is -1.89. The molecular weight excluding hydrogens is 262 g/mol. The number of hydrogen-bond acceptors (Lipinski definition) is 2. The highest BCUT2D eigenvalue weighted by molar-refractivity contribution is 5.31. The van der Waals surface area contributed by atoms with Crippen LogP contribution in [0, 0.1) is 5.82 Å². The van der Waals surface area contributed by atoms with Crippen molar-refractivity contribution in [2.75, 3.05) is 0 Å². The molecule has 0 fully saturated rings. The zero-order valence-electron chi connectivity index (χ0n) is 10.6. The number of rotatable bonds is 6. The Morgan fingerprint density at radius 3 is 2.47 bits per heavy atom. The molecule has 0 bridgehead atoms. The summed E-state index contributed by atoms with van der Waals surface area (Å²) in [7, 11) is 0. The molecule has 0 aromatic heterocycles. The molecule has 108 valence electrons. The summed E-state index contributed by atoms with van der Waals surface area (Å²) < 4.78 is 52.9. The number of nitrogens with two attached hydrogens (primary N) is 1. The van der Waals surface area contributed by atoms with Crippen LogP contribution in [0.25, 0.3) is 0 Å². The Bertz CT molecular complexity index is 406. The first kappa shape index (κ1) is 15.8. The van der Waals surface area contributed by atoms with Crippen LogP contribution >= 0.6 is 0 Å².